The van der Waals surface area contributed by atoms with Crippen LogP contribution < -0.4 is 5.32 Å². The molecule has 0 aliphatic carbocycles. The first-order valence-electron chi connectivity index (χ1n) is 9.05. The van der Waals surface area contributed by atoms with E-state index in [0.717, 1.165) is 22.5 Å². The van der Waals surface area contributed by atoms with Crippen molar-refractivity contribution >= 4 is 40.8 Å². The Balaban J connectivity index is 1.86. The highest BCUT2D eigenvalue weighted by Crippen LogP contribution is 2.26. The van der Waals surface area contributed by atoms with E-state index in [1.807, 2.05) is 41.8 Å². The lowest BCUT2D eigenvalue weighted by Crippen LogP contribution is -2.21. The number of aromatic nitrogens is 1. The van der Waals surface area contributed by atoms with E-state index < -0.39 is 5.97 Å². The molecule has 0 bridgehead atoms. The summed E-state index contributed by atoms with van der Waals surface area (Å²) in [6.45, 7) is 1.94. The zero-order chi connectivity index (χ0) is 21.0. The maximum Gasteiger partial charge on any atom is 0.303 e. The lowest BCUT2D eigenvalue weighted by molar-refractivity contribution is -0.137. The molecule has 2 N–H and O–H groups in total. The number of rotatable bonds is 7. The Morgan fingerprint density at radius 3 is 2.41 bits per heavy atom. The van der Waals surface area contributed by atoms with Crippen LogP contribution in [0.1, 0.15) is 17.7 Å². The number of nitrogens with one attached hydrogen (secondary N) is 1. The number of hydrogen-bond acceptors (Lipinski definition) is 2. The number of halogens is 2. The fraction of sp³-hybridized carbons (Fsp3) is 0.182. The van der Waals surface area contributed by atoms with Crippen LogP contribution in [0.4, 0.5) is 5.69 Å². The minimum atomic E-state index is -0.885. The summed E-state index contributed by atoms with van der Waals surface area (Å²) in [5, 5.41) is 13.1. The molecule has 5 nitrogen and oxygen atoms in total. The summed E-state index contributed by atoms with van der Waals surface area (Å²) < 4.78 is 1.83. The smallest absolute Gasteiger partial charge is 0.303 e. The molecule has 0 saturated heterocycles. The lowest BCUT2D eigenvalue weighted by Gasteiger charge is -2.14. The molecular formula is C22H20Cl2N2O3. The largest absolute Gasteiger partial charge is 0.481 e. The van der Waals surface area contributed by atoms with E-state index in [-0.39, 0.29) is 18.9 Å². The summed E-state index contributed by atoms with van der Waals surface area (Å²) in [7, 11) is 0. The number of amides is 1. The highest BCUT2D eigenvalue weighted by atomic mass is 35.5. The molecule has 7 heteroatoms. The first kappa shape index (κ1) is 21.0. The van der Waals surface area contributed by atoms with Gasteiger partial charge < -0.3 is 15.0 Å². The van der Waals surface area contributed by atoms with Gasteiger partial charge in [0.05, 0.1) is 6.42 Å². The Kier molecular flexibility index (Phi) is 6.62. The summed E-state index contributed by atoms with van der Waals surface area (Å²) in [5.41, 5.74) is 4.02. The minimum absolute atomic E-state index is 0.0146. The van der Waals surface area contributed by atoms with Gasteiger partial charge in [-0.2, -0.15) is 0 Å². The Morgan fingerprint density at radius 2 is 1.76 bits per heavy atom. The Labute approximate surface area is 178 Å². The van der Waals surface area contributed by atoms with Crippen LogP contribution in [0.15, 0.2) is 54.6 Å². The molecule has 0 fully saturated rings. The van der Waals surface area contributed by atoms with Crippen LogP contribution in [-0.4, -0.2) is 21.6 Å². The third-order valence-corrected chi connectivity index (χ3v) is 5.22. The van der Waals surface area contributed by atoms with Crippen molar-refractivity contribution in [3.63, 3.8) is 0 Å². The van der Waals surface area contributed by atoms with Crippen LogP contribution in [-0.2, 0) is 22.6 Å². The van der Waals surface area contributed by atoms with E-state index in [4.69, 9.17) is 28.3 Å². The van der Waals surface area contributed by atoms with Crippen LogP contribution in [0.3, 0.4) is 0 Å². The van der Waals surface area contributed by atoms with Gasteiger partial charge in [0.2, 0.25) is 5.91 Å². The molecule has 0 aliphatic heterocycles. The maximum absolute atomic E-state index is 12.7. The number of carbonyl (C=O) groups excluding carboxylic acids is 1. The first-order chi connectivity index (χ1) is 13.8. The Bertz CT molecular complexity index is 1040. The van der Waals surface area contributed by atoms with E-state index in [1.54, 1.807) is 24.3 Å². The molecule has 0 saturated carbocycles. The summed E-state index contributed by atoms with van der Waals surface area (Å²) in [6, 6.07) is 16.4. The molecule has 3 rings (SSSR count). The summed E-state index contributed by atoms with van der Waals surface area (Å²) in [6.07, 6.45) is 0.311. The van der Waals surface area contributed by atoms with Crippen molar-refractivity contribution in [3.05, 3.63) is 75.9 Å². The number of anilines is 1. The van der Waals surface area contributed by atoms with E-state index >= 15 is 0 Å². The second kappa shape index (κ2) is 9.16. The number of carboxylic acid groups (broad SMARTS) is 1. The van der Waals surface area contributed by atoms with Gasteiger partial charge in [-0.3, -0.25) is 9.59 Å². The van der Waals surface area contributed by atoms with Gasteiger partial charge in [-0.15, -0.1) is 0 Å². The number of aliphatic carboxylic acids is 1. The highest BCUT2D eigenvalue weighted by Gasteiger charge is 2.15. The van der Waals surface area contributed by atoms with E-state index in [2.05, 4.69) is 5.32 Å². The maximum atomic E-state index is 12.7. The predicted octanol–water partition coefficient (Wildman–Crippen LogP) is 5.43. The molecule has 0 unspecified atom stereocenters. The van der Waals surface area contributed by atoms with Crippen LogP contribution in [0.2, 0.25) is 10.0 Å². The normalized spacial score (nSPS) is 10.7. The van der Waals surface area contributed by atoms with Crippen LogP contribution in [0, 0.1) is 6.92 Å². The molecule has 1 heterocycles. The standard InChI is InChI=1S/C22H20Cl2N2O3/c1-14-2-7-17(12-19(14)24)25-21(27)13-26-18(9-11-22(28)29)8-10-20(26)15-3-5-16(23)6-4-15/h2-8,10,12H,9,11,13H2,1H3,(H,25,27)(H,28,29). The molecule has 29 heavy (non-hydrogen) atoms. The number of hydrogen-bond donors (Lipinski definition) is 2. The average Bonchev–Trinajstić information content (AvgIpc) is 3.06. The van der Waals surface area contributed by atoms with Crippen LogP contribution >= 0.6 is 23.2 Å². The average molecular weight is 431 g/mol. The zero-order valence-electron chi connectivity index (χ0n) is 15.8. The van der Waals surface area contributed by atoms with Gasteiger partial charge in [0, 0.05) is 27.1 Å². The minimum Gasteiger partial charge on any atom is -0.481 e. The highest BCUT2D eigenvalue weighted by molar-refractivity contribution is 6.31. The molecule has 2 aromatic carbocycles. The van der Waals surface area contributed by atoms with E-state index in [1.165, 1.54) is 0 Å². The fourth-order valence-electron chi connectivity index (χ4n) is 3.04. The first-order valence-corrected chi connectivity index (χ1v) is 9.81. The molecular weight excluding hydrogens is 411 g/mol. The molecule has 3 aromatic rings. The number of benzene rings is 2. The van der Waals surface area contributed by atoms with Gasteiger partial charge in [0.1, 0.15) is 6.54 Å². The number of carboxylic acids is 1. The van der Waals surface area contributed by atoms with Gasteiger partial charge in [0.15, 0.2) is 0 Å². The summed E-state index contributed by atoms with van der Waals surface area (Å²) in [5.74, 6) is -1.11. The van der Waals surface area contributed by atoms with Crippen molar-refractivity contribution in [2.75, 3.05) is 5.32 Å². The SMILES string of the molecule is Cc1ccc(NC(=O)Cn2c(CCC(=O)O)ccc2-c2ccc(Cl)cc2)cc1Cl. The van der Waals surface area contributed by atoms with Crippen molar-refractivity contribution in [3.8, 4) is 11.3 Å². The predicted molar refractivity (Wildman–Crippen MR) is 116 cm³/mol. The van der Waals surface area contributed by atoms with Crippen molar-refractivity contribution in [1.29, 1.82) is 0 Å². The van der Waals surface area contributed by atoms with Crippen LogP contribution in [0.25, 0.3) is 11.3 Å². The van der Waals surface area contributed by atoms with Crippen LogP contribution in [0.5, 0.6) is 0 Å². The quantitative estimate of drug-likeness (QED) is 0.524. The van der Waals surface area contributed by atoms with Gasteiger partial charge in [-0.25, -0.2) is 0 Å². The third-order valence-electron chi connectivity index (χ3n) is 4.56. The van der Waals surface area contributed by atoms with E-state index in [0.29, 0.717) is 22.2 Å². The number of aryl methyl sites for hydroxylation is 2. The molecule has 150 valence electrons. The Morgan fingerprint density at radius 1 is 1.03 bits per heavy atom. The van der Waals surface area contributed by atoms with Crippen molar-refractivity contribution in [1.82, 2.24) is 4.57 Å². The summed E-state index contributed by atoms with van der Waals surface area (Å²) >= 11 is 12.1. The second-order valence-corrected chi connectivity index (χ2v) is 7.55. The molecule has 0 radical (unpaired) electrons. The van der Waals surface area contributed by atoms with Crippen molar-refractivity contribution in [2.45, 2.75) is 26.3 Å². The van der Waals surface area contributed by atoms with Gasteiger partial charge in [0.25, 0.3) is 0 Å². The fourth-order valence-corrected chi connectivity index (χ4v) is 3.34. The number of nitrogens with zero attached hydrogens (tertiary/aromatic N) is 1. The third kappa shape index (κ3) is 5.40. The van der Waals surface area contributed by atoms with Crippen molar-refractivity contribution in [2.24, 2.45) is 0 Å². The van der Waals surface area contributed by atoms with Gasteiger partial charge >= 0.3 is 5.97 Å². The zero-order valence-corrected chi connectivity index (χ0v) is 17.3. The molecule has 0 spiro atoms. The molecule has 0 aliphatic rings. The van der Waals surface area contributed by atoms with Gasteiger partial charge in [-0.1, -0.05) is 41.4 Å². The number of carbonyl (C=O) groups is 2. The van der Waals surface area contributed by atoms with Gasteiger partial charge in [-0.05, 0) is 60.9 Å². The van der Waals surface area contributed by atoms with Crippen molar-refractivity contribution < 1.29 is 14.7 Å². The monoisotopic (exact) mass is 430 g/mol. The Hall–Kier alpha value is -2.76. The molecule has 1 aromatic heterocycles. The molecule has 0 atom stereocenters. The topological polar surface area (TPSA) is 71.3 Å². The summed E-state index contributed by atoms with van der Waals surface area (Å²) in [4.78, 5) is 23.7. The molecule has 1 amide bonds. The lowest BCUT2D eigenvalue weighted by atomic mass is 10.1. The second-order valence-electron chi connectivity index (χ2n) is 6.71. The van der Waals surface area contributed by atoms with E-state index in [9.17, 15) is 9.59 Å².